The average molecular weight is 317 g/mol. The Morgan fingerprint density at radius 3 is 2.63 bits per heavy atom. The number of pyridine rings is 1. The smallest absolute Gasteiger partial charge is 0.0312 e. The Kier molecular flexibility index (Phi) is 3.95. The second-order valence-corrected chi connectivity index (χ2v) is 6.07. The third-order valence-electron chi connectivity index (χ3n) is 3.80. The van der Waals surface area contributed by atoms with Crippen molar-refractivity contribution in [3.63, 3.8) is 0 Å². The lowest BCUT2D eigenvalue weighted by Gasteiger charge is -2.36. The average Bonchev–Trinajstić information content (AvgIpc) is 2.40. The van der Waals surface area contributed by atoms with Gasteiger partial charge in [-0.3, -0.25) is 4.98 Å². The molecule has 0 radical (unpaired) electrons. The van der Waals surface area contributed by atoms with E-state index in [4.69, 9.17) is 0 Å². The number of rotatable bonds is 4. The van der Waals surface area contributed by atoms with Gasteiger partial charge < -0.3 is 5.32 Å². The largest absolute Gasteiger partial charge is 0.310 e. The van der Waals surface area contributed by atoms with Gasteiger partial charge >= 0.3 is 0 Å². The molecule has 2 nitrogen and oxygen atoms in total. The molecule has 0 bridgehead atoms. The van der Waals surface area contributed by atoms with Crippen LogP contribution in [0.1, 0.15) is 29.9 Å². The molecule has 1 saturated carbocycles. The van der Waals surface area contributed by atoms with E-state index in [1.165, 1.54) is 24.0 Å². The lowest BCUT2D eigenvalue weighted by atomic mass is 9.76. The minimum Gasteiger partial charge on any atom is -0.310 e. The molecule has 1 fully saturated rings. The molecule has 1 heterocycles. The monoisotopic (exact) mass is 316 g/mol. The van der Waals surface area contributed by atoms with Gasteiger partial charge in [-0.2, -0.15) is 0 Å². The van der Waals surface area contributed by atoms with Gasteiger partial charge in [-0.15, -0.1) is 0 Å². The lowest BCUT2D eigenvalue weighted by molar-refractivity contribution is 0.289. The Labute approximate surface area is 122 Å². The maximum absolute atomic E-state index is 4.13. The number of nitrogens with zero attached hydrogens (tertiary/aromatic N) is 1. The van der Waals surface area contributed by atoms with Crippen molar-refractivity contribution in [1.82, 2.24) is 10.3 Å². The summed E-state index contributed by atoms with van der Waals surface area (Å²) in [6.45, 7) is 0.922. The number of hydrogen-bond donors (Lipinski definition) is 1. The minimum absolute atomic E-state index is 0.647. The number of nitrogens with one attached hydrogen (secondary N) is 1. The van der Waals surface area contributed by atoms with Gasteiger partial charge in [-0.05, 0) is 48.1 Å². The first-order valence-corrected chi connectivity index (χ1v) is 7.48. The van der Waals surface area contributed by atoms with E-state index in [1.807, 2.05) is 18.5 Å². The highest BCUT2D eigenvalue weighted by Crippen LogP contribution is 2.37. The van der Waals surface area contributed by atoms with Crippen LogP contribution in [-0.2, 0) is 6.54 Å². The molecule has 3 rings (SSSR count). The molecular weight excluding hydrogens is 300 g/mol. The molecular formula is C16H17BrN2. The van der Waals surface area contributed by atoms with E-state index >= 15 is 0 Å². The summed E-state index contributed by atoms with van der Waals surface area (Å²) in [5.74, 6) is 0.722. The molecule has 0 aliphatic heterocycles. The van der Waals surface area contributed by atoms with Gasteiger partial charge in [0.25, 0.3) is 0 Å². The minimum atomic E-state index is 0.647. The quantitative estimate of drug-likeness (QED) is 0.926. The number of aromatic nitrogens is 1. The standard InChI is InChI=1S/C16H17BrN2/c17-15-5-3-13(4-6-15)14-8-16(9-14)19-11-12-2-1-7-18-10-12/h1-7,10,14,16,19H,8-9,11H2. The Balaban J connectivity index is 1.47. The zero-order valence-electron chi connectivity index (χ0n) is 10.7. The topological polar surface area (TPSA) is 24.9 Å². The Morgan fingerprint density at radius 2 is 1.95 bits per heavy atom. The highest BCUT2D eigenvalue weighted by molar-refractivity contribution is 9.10. The van der Waals surface area contributed by atoms with Crippen molar-refractivity contribution in [3.05, 3.63) is 64.4 Å². The van der Waals surface area contributed by atoms with Crippen LogP contribution in [0.15, 0.2) is 53.3 Å². The van der Waals surface area contributed by atoms with Crippen LogP contribution >= 0.6 is 15.9 Å². The Morgan fingerprint density at radius 1 is 1.16 bits per heavy atom. The SMILES string of the molecule is Brc1ccc(C2CC(NCc3cccnc3)C2)cc1. The van der Waals surface area contributed by atoms with E-state index in [0.29, 0.717) is 6.04 Å². The molecule has 1 N–H and O–H groups in total. The van der Waals surface area contributed by atoms with E-state index in [9.17, 15) is 0 Å². The molecule has 0 amide bonds. The van der Waals surface area contributed by atoms with Crippen molar-refractivity contribution in [2.24, 2.45) is 0 Å². The molecule has 0 atom stereocenters. The lowest BCUT2D eigenvalue weighted by Crippen LogP contribution is -2.39. The van der Waals surface area contributed by atoms with Crippen molar-refractivity contribution < 1.29 is 0 Å². The van der Waals surface area contributed by atoms with Gasteiger partial charge in [0.15, 0.2) is 0 Å². The van der Waals surface area contributed by atoms with Crippen LogP contribution in [0.25, 0.3) is 0 Å². The van der Waals surface area contributed by atoms with Gasteiger partial charge in [0, 0.05) is 29.5 Å². The van der Waals surface area contributed by atoms with Crippen molar-refractivity contribution in [3.8, 4) is 0 Å². The summed E-state index contributed by atoms with van der Waals surface area (Å²) < 4.78 is 1.15. The summed E-state index contributed by atoms with van der Waals surface area (Å²) in [5.41, 5.74) is 2.72. The van der Waals surface area contributed by atoms with Gasteiger partial charge in [0.1, 0.15) is 0 Å². The van der Waals surface area contributed by atoms with Crippen LogP contribution < -0.4 is 5.32 Å². The van der Waals surface area contributed by atoms with Gasteiger partial charge in [-0.1, -0.05) is 34.1 Å². The first-order valence-electron chi connectivity index (χ1n) is 6.69. The summed E-state index contributed by atoms with van der Waals surface area (Å²) in [6, 6.07) is 13.5. The van der Waals surface area contributed by atoms with E-state index in [2.05, 4.69) is 56.6 Å². The summed E-state index contributed by atoms with van der Waals surface area (Å²) >= 11 is 3.48. The molecule has 1 aromatic heterocycles. The third kappa shape index (κ3) is 3.23. The normalized spacial score (nSPS) is 21.9. The first-order chi connectivity index (χ1) is 9.31. The molecule has 0 unspecified atom stereocenters. The zero-order chi connectivity index (χ0) is 13.1. The van der Waals surface area contributed by atoms with E-state index in [0.717, 1.165) is 16.9 Å². The molecule has 19 heavy (non-hydrogen) atoms. The van der Waals surface area contributed by atoms with Crippen LogP contribution in [0.2, 0.25) is 0 Å². The molecule has 2 aromatic rings. The fraction of sp³-hybridized carbons (Fsp3) is 0.312. The molecule has 0 spiro atoms. The van der Waals surface area contributed by atoms with Crippen LogP contribution in [0.5, 0.6) is 0 Å². The summed E-state index contributed by atoms with van der Waals surface area (Å²) in [5, 5.41) is 3.60. The second-order valence-electron chi connectivity index (χ2n) is 5.16. The van der Waals surface area contributed by atoms with Gasteiger partial charge in [-0.25, -0.2) is 0 Å². The number of hydrogen-bond acceptors (Lipinski definition) is 2. The molecule has 1 aromatic carbocycles. The van der Waals surface area contributed by atoms with Crippen molar-refractivity contribution in [2.75, 3.05) is 0 Å². The Hall–Kier alpha value is -1.19. The van der Waals surface area contributed by atoms with Gasteiger partial charge in [0.05, 0.1) is 0 Å². The summed E-state index contributed by atoms with van der Waals surface area (Å²) in [7, 11) is 0. The van der Waals surface area contributed by atoms with E-state index in [1.54, 1.807) is 0 Å². The zero-order valence-corrected chi connectivity index (χ0v) is 12.3. The van der Waals surface area contributed by atoms with Crippen LogP contribution in [0, 0.1) is 0 Å². The maximum atomic E-state index is 4.13. The van der Waals surface area contributed by atoms with Crippen LogP contribution in [-0.4, -0.2) is 11.0 Å². The fourth-order valence-corrected chi connectivity index (χ4v) is 2.82. The van der Waals surface area contributed by atoms with Crippen LogP contribution in [0.3, 0.4) is 0 Å². The van der Waals surface area contributed by atoms with Crippen LogP contribution in [0.4, 0.5) is 0 Å². The number of benzene rings is 1. The third-order valence-corrected chi connectivity index (χ3v) is 4.33. The van der Waals surface area contributed by atoms with E-state index in [-0.39, 0.29) is 0 Å². The molecule has 0 saturated heterocycles. The predicted octanol–water partition coefficient (Wildman–Crippen LogP) is 3.88. The van der Waals surface area contributed by atoms with Crippen molar-refractivity contribution in [2.45, 2.75) is 31.3 Å². The molecule has 1 aliphatic carbocycles. The molecule has 1 aliphatic rings. The predicted molar refractivity (Wildman–Crippen MR) is 81.0 cm³/mol. The van der Waals surface area contributed by atoms with Crippen molar-refractivity contribution in [1.29, 1.82) is 0 Å². The second kappa shape index (κ2) is 5.85. The van der Waals surface area contributed by atoms with Crippen molar-refractivity contribution >= 4 is 15.9 Å². The fourth-order valence-electron chi connectivity index (χ4n) is 2.56. The summed E-state index contributed by atoms with van der Waals surface area (Å²) in [4.78, 5) is 4.13. The first kappa shape index (κ1) is 12.8. The maximum Gasteiger partial charge on any atom is 0.0312 e. The highest BCUT2D eigenvalue weighted by Gasteiger charge is 2.29. The molecule has 98 valence electrons. The Bertz CT molecular complexity index is 518. The summed E-state index contributed by atoms with van der Waals surface area (Å²) in [6.07, 6.45) is 6.22. The highest BCUT2D eigenvalue weighted by atomic mass is 79.9. The number of halogens is 1. The van der Waals surface area contributed by atoms with Gasteiger partial charge in [0.2, 0.25) is 0 Å². The molecule has 3 heteroatoms. The van der Waals surface area contributed by atoms with E-state index < -0.39 is 0 Å².